The Kier molecular flexibility index (Phi) is 2.07. The Balaban J connectivity index is 2.58. The Morgan fingerprint density at radius 3 is 2.73 bits per heavy atom. The van der Waals surface area contributed by atoms with E-state index in [9.17, 15) is 4.79 Å². The van der Waals surface area contributed by atoms with Gasteiger partial charge in [-0.05, 0) is 19.9 Å². The summed E-state index contributed by atoms with van der Waals surface area (Å²) in [6, 6.07) is 1.72. The van der Waals surface area contributed by atoms with Gasteiger partial charge in [0, 0.05) is 0 Å². The van der Waals surface area contributed by atoms with Crippen LogP contribution >= 0.6 is 0 Å². The third-order valence-electron chi connectivity index (χ3n) is 2.09. The highest BCUT2D eigenvalue weighted by atomic mass is 16.5. The maximum Gasteiger partial charge on any atom is 0.341 e. The number of aryl methyl sites for hydroxylation is 2. The molecule has 0 saturated heterocycles. The van der Waals surface area contributed by atoms with Crippen LogP contribution in [0, 0.1) is 13.8 Å². The molecule has 0 spiro atoms. The molecule has 0 bridgehead atoms. The summed E-state index contributed by atoms with van der Waals surface area (Å²) in [6.07, 6.45) is 1.18. The highest BCUT2D eigenvalue weighted by Gasteiger charge is 2.20. The van der Waals surface area contributed by atoms with Crippen molar-refractivity contribution in [1.29, 1.82) is 0 Å². The van der Waals surface area contributed by atoms with Gasteiger partial charge in [-0.3, -0.25) is 0 Å². The molecule has 0 aliphatic rings. The molecular weight excluding hydrogens is 198 g/mol. The van der Waals surface area contributed by atoms with E-state index in [4.69, 9.17) is 14.0 Å². The molecule has 0 amide bonds. The summed E-state index contributed by atoms with van der Waals surface area (Å²) in [5, 5.41) is 12.4. The van der Waals surface area contributed by atoms with Crippen LogP contribution in [0.25, 0.3) is 11.3 Å². The molecule has 0 fully saturated rings. The normalized spacial score (nSPS) is 10.5. The third kappa shape index (κ3) is 1.52. The largest absolute Gasteiger partial charge is 0.477 e. The quantitative estimate of drug-likeness (QED) is 0.817. The lowest BCUT2D eigenvalue weighted by molar-refractivity contribution is 0.0697. The fourth-order valence-electron chi connectivity index (χ4n) is 1.44. The molecule has 2 aromatic heterocycles. The Labute approximate surface area is 85.3 Å². The van der Waals surface area contributed by atoms with Crippen molar-refractivity contribution < 1.29 is 18.8 Å². The van der Waals surface area contributed by atoms with Crippen LogP contribution in [0.5, 0.6) is 0 Å². The van der Waals surface area contributed by atoms with Gasteiger partial charge in [-0.25, -0.2) is 4.79 Å². The Morgan fingerprint density at radius 2 is 2.20 bits per heavy atom. The second-order valence-electron chi connectivity index (χ2n) is 3.20. The second kappa shape index (κ2) is 3.27. The van der Waals surface area contributed by atoms with E-state index in [1.807, 2.05) is 0 Å². The molecule has 0 unspecified atom stereocenters. The van der Waals surface area contributed by atoms with Gasteiger partial charge in [0.2, 0.25) is 0 Å². The number of carboxylic acid groups (broad SMARTS) is 1. The van der Waals surface area contributed by atoms with Gasteiger partial charge in [0.05, 0.1) is 11.8 Å². The van der Waals surface area contributed by atoms with E-state index in [1.165, 1.54) is 6.20 Å². The highest BCUT2D eigenvalue weighted by molar-refractivity contribution is 5.94. The van der Waals surface area contributed by atoms with E-state index >= 15 is 0 Å². The van der Waals surface area contributed by atoms with E-state index in [0.29, 0.717) is 17.1 Å². The summed E-state index contributed by atoms with van der Waals surface area (Å²) in [7, 11) is 0. The van der Waals surface area contributed by atoms with E-state index < -0.39 is 5.97 Å². The maximum atomic E-state index is 10.8. The van der Waals surface area contributed by atoms with Crippen molar-refractivity contribution >= 4 is 5.97 Å². The monoisotopic (exact) mass is 207 g/mol. The number of nitrogens with zero attached hydrogens (tertiary/aromatic N) is 1. The van der Waals surface area contributed by atoms with Crippen LogP contribution in [-0.4, -0.2) is 16.2 Å². The second-order valence-corrected chi connectivity index (χ2v) is 3.20. The van der Waals surface area contributed by atoms with Crippen molar-refractivity contribution in [2.75, 3.05) is 0 Å². The number of aromatic nitrogens is 1. The number of carbonyl (C=O) groups is 1. The molecular formula is C10H9NO4. The molecule has 0 radical (unpaired) electrons. The van der Waals surface area contributed by atoms with Crippen molar-refractivity contribution in [1.82, 2.24) is 5.16 Å². The summed E-state index contributed by atoms with van der Waals surface area (Å²) >= 11 is 0. The molecule has 0 aliphatic heterocycles. The van der Waals surface area contributed by atoms with Crippen LogP contribution in [0.1, 0.15) is 21.9 Å². The fraction of sp³-hybridized carbons (Fsp3) is 0.200. The maximum absolute atomic E-state index is 10.8. The molecule has 0 aliphatic carbocycles. The molecule has 2 rings (SSSR count). The Bertz CT molecular complexity index is 509. The zero-order chi connectivity index (χ0) is 11.0. The predicted molar refractivity (Wildman–Crippen MR) is 50.6 cm³/mol. The lowest BCUT2D eigenvalue weighted by Gasteiger charge is -1.93. The Morgan fingerprint density at radius 1 is 1.47 bits per heavy atom. The average Bonchev–Trinajstić information content (AvgIpc) is 2.71. The Hall–Kier alpha value is -2.04. The lowest BCUT2D eigenvalue weighted by atomic mass is 10.1. The fourth-order valence-corrected chi connectivity index (χ4v) is 1.44. The first kappa shape index (κ1) is 9.51. The standard InChI is InChI=1S/C10H9NO4/c1-5-3-7(6(2)14-5)9-8(10(12)13)4-11-15-9/h3-4H,1-2H3,(H,12,13). The summed E-state index contributed by atoms with van der Waals surface area (Å²) in [6.45, 7) is 3.53. The minimum Gasteiger partial charge on any atom is -0.477 e. The third-order valence-corrected chi connectivity index (χ3v) is 2.09. The number of furan rings is 1. The van der Waals surface area contributed by atoms with E-state index in [0.717, 1.165) is 0 Å². The molecule has 0 atom stereocenters. The average molecular weight is 207 g/mol. The van der Waals surface area contributed by atoms with Crippen LogP contribution in [-0.2, 0) is 0 Å². The van der Waals surface area contributed by atoms with Crippen LogP contribution < -0.4 is 0 Å². The molecule has 15 heavy (non-hydrogen) atoms. The van der Waals surface area contributed by atoms with Crippen molar-refractivity contribution in [3.8, 4) is 11.3 Å². The van der Waals surface area contributed by atoms with Gasteiger partial charge in [0.15, 0.2) is 5.76 Å². The van der Waals surface area contributed by atoms with Crippen LogP contribution in [0.3, 0.4) is 0 Å². The number of rotatable bonds is 2. The summed E-state index contributed by atoms with van der Waals surface area (Å²) < 4.78 is 10.2. The van der Waals surface area contributed by atoms with E-state index in [-0.39, 0.29) is 11.3 Å². The molecule has 78 valence electrons. The molecule has 5 heteroatoms. The molecule has 1 N–H and O–H groups in total. The molecule has 0 saturated carbocycles. The zero-order valence-corrected chi connectivity index (χ0v) is 8.27. The number of hydrogen-bond acceptors (Lipinski definition) is 4. The number of hydrogen-bond donors (Lipinski definition) is 1. The van der Waals surface area contributed by atoms with Gasteiger partial charge in [-0.2, -0.15) is 0 Å². The van der Waals surface area contributed by atoms with Crippen molar-refractivity contribution in [2.45, 2.75) is 13.8 Å². The first-order valence-corrected chi connectivity index (χ1v) is 4.35. The summed E-state index contributed by atoms with van der Waals surface area (Å²) in [5.41, 5.74) is 0.668. The van der Waals surface area contributed by atoms with Gasteiger partial charge < -0.3 is 14.0 Å². The topological polar surface area (TPSA) is 76.5 Å². The first-order chi connectivity index (χ1) is 7.09. The zero-order valence-electron chi connectivity index (χ0n) is 8.27. The molecule has 2 heterocycles. The minimum absolute atomic E-state index is 0.0406. The van der Waals surface area contributed by atoms with E-state index in [2.05, 4.69) is 5.16 Å². The van der Waals surface area contributed by atoms with Gasteiger partial charge >= 0.3 is 5.97 Å². The summed E-state index contributed by atoms with van der Waals surface area (Å²) in [5.74, 6) is 0.489. The predicted octanol–water partition coefficient (Wildman–Crippen LogP) is 2.25. The number of carboxylic acids is 1. The smallest absolute Gasteiger partial charge is 0.341 e. The number of aromatic carboxylic acids is 1. The molecule has 0 aromatic carbocycles. The SMILES string of the molecule is Cc1cc(-c2oncc2C(=O)O)c(C)o1. The van der Waals surface area contributed by atoms with Gasteiger partial charge in [0.25, 0.3) is 0 Å². The van der Waals surface area contributed by atoms with Gasteiger partial charge in [0.1, 0.15) is 17.1 Å². The van der Waals surface area contributed by atoms with Crippen molar-refractivity contribution in [3.63, 3.8) is 0 Å². The van der Waals surface area contributed by atoms with Crippen molar-refractivity contribution in [3.05, 3.63) is 29.3 Å². The van der Waals surface area contributed by atoms with Crippen LogP contribution in [0.15, 0.2) is 21.2 Å². The minimum atomic E-state index is -1.07. The summed E-state index contributed by atoms with van der Waals surface area (Å²) in [4.78, 5) is 10.8. The van der Waals surface area contributed by atoms with Gasteiger partial charge in [-0.15, -0.1) is 0 Å². The first-order valence-electron chi connectivity index (χ1n) is 4.35. The van der Waals surface area contributed by atoms with Crippen LogP contribution in [0.4, 0.5) is 0 Å². The molecule has 5 nitrogen and oxygen atoms in total. The molecule has 2 aromatic rings. The van der Waals surface area contributed by atoms with Gasteiger partial charge in [-0.1, -0.05) is 5.16 Å². The van der Waals surface area contributed by atoms with Crippen molar-refractivity contribution in [2.24, 2.45) is 0 Å². The van der Waals surface area contributed by atoms with Crippen LogP contribution in [0.2, 0.25) is 0 Å². The highest BCUT2D eigenvalue weighted by Crippen LogP contribution is 2.29. The van der Waals surface area contributed by atoms with E-state index in [1.54, 1.807) is 19.9 Å². The lowest BCUT2D eigenvalue weighted by Crippen LogP contribution is -1.95.